The van der Waals surface area contributed by atoms with E-state index < -0.39 is 0 Å². The molecule has 4 heteroatoms. The Morgan fingerprint density at radius 3 is 2.65 bits per heavy atom. The smallest absolute Gasteiger partial charge is 0.223 e. The van der Waals surface area contributed by atoms with E-state index in [-0.39, 0.29) is 12.0 Å². The fraction of sp³-hybridized carbons (Fsp3) is 0.562. The van der Waals surface area contributed by atoms with Crippen molar-refractivity contribution >= 4 is 17.7 Å². The van der Waals surface area contributed by atoms with Crippen molar-refractivity contribution < 1.29 is 9.90 Å². The van der Waals surface area contributed by atoms with E-state index in [0.717, 1.165) is 18.6 Å². The van der Waals surface area contributed by atoms with Gasteiger partial charge < -0.3 is 10.0 Å². The van der Waals surface area contributed by atoms with Crippen LogP contribution in [0.15, 0.2) is 23.1 Å². The fourth-order valence-electron chi connectivity index (χ4n) is 2.33. The van der Waals surface area contributed by atoms with Gasteiger partial charge in [-0.1, -0.05) is 6.07 Å². The second kappa shape index (κ2) is 7.14. The Kier molecular flexibility index (Phi) is 5.49. The minimum Gasteiger partial charge on any atom is -0.393 e. The number of hydrogen-bond acceptors (Lipinski definition) is 3. The fourth-order valence-corrected chi connectivity index (χ4v) is 3.27. The number of carbonyl (C=O) groups is 1. The van der Waals surface area contributed by atoms with E-state index in [9.17, 15) is 9.90 Å². The van der Waals surface area contributed by atoms with Crippen LogP contribution < -0.4 is 0 Å². The lowest BCUT2D eigenvalue weighted by Gasteiger charge is -2.29. The molecule has 1 aliphatic heterocycles. The van der Waals surface area contributed by atoms with Crippen LogP contribution >= 0.6 is 11.8 Å². The number of likely N-dealkylation sites (tertiary alicyclic amines) is 1. The zero-order valence-corrected chi connectivity index (χ0v) is 13.1. The van der Waals surface area contributed by atoms with Gasteiger partial charge in [0.1, 0.15) is 0 Å². The van der Waals surface area contributed by atoms with Gasteiger partial charge in [-0.05, 0) is 49.9 Å². The van der Waals surface area contributed by atoms with Crippen molar-refractivity contribution in [3.63, 3.8) is 0 Å². The summed E-state index contributed by atoms with van der Waals surface area (Å²) in [7, 11) is 0. The van der Waals surface area contributed by atoms with E-state index in [4.69, 9.17) is 0 Å². The Balaban J connectivity index is 1.75. The summed E-state index contributed by atoms with van der Waals surface area (Å²) in [6.45, 7) is 5.63. The molecule has 1 fully saturated rings. The van der Waals surface area contributed by atoms with Crippen LogP contribution in [-0.4, -0.2) is 40.9 Å². The molecule has 0 unspecified atom stereocenters. The maximum absolute atomic E-state index is 12.0. The van der Waals surface area contributed by atoms with Gasteiger partial charge in [-0.2, -0.15) is 0 Å². The molecule has 1 aliphatic rings. The summed E-state index contributed by atoms with van der Waals surface area (Å²) < 4.78 is 0. The Bertz CT molecular complexity index is 468. The number of nitrogens with zero attached hydrogens (tertiary/aromatic N) is 1. The summed E-state index contributed by atoms with van der Waals surface area (Å²) in [5, 5.41) is 9.44. The maximum Gasteiger partial charge on any atom is 0.223 e. The highest BCUT2D eigenvalue weighted by Crippen LogP contribution is 2.22. The molecule has 1 aromatic carbocycles. The first kappa shape index (κ1) is 15.4. The number of aryl methyl sites for hydroxylation is 2. The molecule has 1 aromatic rings. The first-order chi connectivity index (χ1) is 9.56. The van der Waals surface area contributed by atoms with Crippen molar-refractivity contribution in [3.05, 3.63) is 29.3 Å². The lowest BCUT2D eigenvalue weighted by molar-refractivity contribution is -0.132. The molecule has 1 saturated heterocycles. The Morgan fingerprint density at radius 2 is 2.00 bits per heavy atom. The molecule has 1 heterocycles. The normalized spacial score (nSPS) is 16.4. The lowest BCUT2D eigenvalue weighted by atomic mass is 10.1. The van der Waals surface area contributed by atoms with Gasteiger partial charge in [0.15, 0.2) is 0 Å². The van der Waals surface area contributed by atoms with Crippen LogP contribution in [-0.2, 0) is 4.79 Å². The zero-order valence-electron chi connectivity index (χ0n) is 12.3. The first-order valence-corrected chi connectivity index (χ1v) is 8.20. The van der Waals surface area contributed by atoms with Crippen molar-refractivity contribution in [2.24, 2.45) is 0 Å². The van der Waals surface area contributed by atoms with Crippen LogP contribution in [0.3, 0.4) is 0 Å². The number of aliphatic hydroxyl groups excluding tert-OH is 1. The number of aliphatic hydroxyl groups is 1. The third-order valence-corrected chi connectivity index (χ3v) is 4.88. The molecule has 110 valence electrons. The van der Waals surface area contributed by atoms with Crippen molar-refractivity contribution in [2.45, 2.75) is 44.1 Å². The van der Waals surface area contributed by atoms with E-state index in [1.54, 1.807) is 11.8 Å². The highest BCUT2D eigenvalue weighted by atomic mass is 32.2. The van der Waals surface area contributed by atoms with Gasteiger partial charge in [0.2, 0.25) is 5.91 Å². The topological polar surface area (TPSA) is 40.5 Å². The first-order valence-electron chi connectivity index (χ1n) is 7.22. The van der Waals surface area contributed by atoms with Gasteiger partial charge in [0, 0.05) is 30.2 Å². The molecule has 1 N–H and O–H groups in total. The third-order valence-electron chi connectivity index (χ3n) is 3.88. The minimum absolute atomic E-state index is 0.216. The second-order valence-electron chi connectivity index (χ2n) is 5.46. The number of amides is 1. The Labute approximate surface area is 125 Å². The molecular weight excluding hydrogens is 270 g/mol. The Hall–Kier alpha value is -1.00. The largest absolute Gasteiger partial charge is 0.393 e. The molecule has 0 aliphatic carbocycles. The van der Waals surface area contributed by atoms with Gasteiger partial charge in [-0.25, -0.2) is 0 Å². The molecule has 0 radical (unpaired) electrons. The average Bonchev–Trinajstić information content (AvgIpc) is 2.43. The quantitative estimate of drug-likeness (QED) is 0.868. The van der Waals surface area contributed by atoms with Crippen molar-refractivity contribution in [2.75, 3.05) is 18.8 Å². The molecule has 0 spiro atoms. The summed E-state index contributed by atoms with van der Waals surface area (Å²) in [5.41, 5.74) is 2.60. The van der Waals surface area contributed by atoms with E-state index in [0.29, 0.717) is 19.5 Å². The van der Waals surface area contributed by atoms with Gasteiger partial charge in [0.05, 0.1) is 6.10 Å². The molecule has 1 amide bonds. The highest BCUT2D eigenvalue weighted by molar-refractivity contribution is 7.99. The summed E-state index contributed by atoms with van der Waals surface area (Å²) in [4.78, 5) is 15.2. The zero-order chi connectivity index (χ0) is 14.5. The number of carbonyl (C=O) groups excluding carboxylic acids is 1. The highest BCUT2D eigenvalue weighted by Gasteiger charge is 2.20. The van der Waals surface area contributed by atoms with Gasteiger partial charge in [-0.3, -0.25) is 4.79 Å². The molecule has 2 rings (SSSR count). The van der Waals surface area contributed by atoms with Crippen molar-refractivity contribution in [1.82, 2.24) is 4.90 Å². The third kappa shape index (κ3) is 4.25. The molecule has 0 bridgehead atoms. The minimum atomic E-state index is -0.219. The number of rotatable bonds is 4. The average molecular weight is 293 g/mol. The number of hydrogen-bond donors (Lipinski definition) is 1. The predicted molar refractivity (Wildman–Crippen MR) is 83.1 cm³/mol. The van der Waals surface area contributed by atoms with Crippen molar-refractivity contribution in [3.8, 4) is 0 Å². The monoisotopic (exact) mass is 293 g/mol. The van der Waals surface area contributed by atoms with E-state index in [1.165, 1.54) is 16.0 Å². The molecule has 0 saturated carbocycles. The number of benzene rings is 1. The van der Waals surface area contributed by atoms with E-state index >= 15 is 0 Å². The second-order valence-corrected chi connectivity index (χ2v) is 6.62. The molecule has 3 nitrogen and oxygen atoms in total. The van der Waals surface area contributed by atoms with Crippen LogP contribution in [0.2, 0.25) is 0 Å². The van der Waals surface area contributed by atoms with Gasteiger partial charge in [-0.15, -0.1) is 11.8 Å². The molecule has 0 aromatic heterocycles. The number of thioether (sulfide) groups is 1. The van der Waals surface area contributed by atoms with Gasteiger partial charge >= 0.3 is 0 Å². The summed E-state index contributed by atoms with van der Waals surface area (Å²) in [6.07, 6.45) is 1.80. The maximum atomic E-state index is 12.0. The standard InChI is InChI=1S/C16H23NO2S/c1-12-3-4-15(11-13(12)2)20-10-7-16(19)17-8-5-14(18)6-9-17/h3-4,11,14,18H,5-10H2,1-2H3. The number of piperidine rings is 1. The van der Waals surface area contributed by atoms with E-state index in [2.05, 4.69) is 32.0 Å². The van der Waals surface area contributed by atoms with Gasteiger partial charge in [0.25, 0.3) is 0 Å². The summed E-state index contributed by atoms with van der Waals surface area (Å²) in [5.74, 6) is 1.04. The van der Waals surface area contributed by atoms with Crippen LogP contribution in [0.1, 0.15) is 30.4 Å². The van der Waals surface area contributed by atoms with Crippen molar-refractivity contribution in [1.29, 1.82) is 0 Å². The SMILES string of the molecule is Cc1ccc(SCCC(=O)N2CCC(O)CC2)cc1C. The molecular formula is C16H23NO2S. The van der Waals surface area contributed by atoms with Crippen LogP contribution in [0.4, 0.5) is 0 Å². The Morgan fingerprint density at radius 1 is 1.30 bits per heavy atom. The summed E-state index contributed by atoms with van der Waals surface area (Å²) >= 11 is 1.74. The molecule has 20 heavy (non-hydrogen) atoms. The lowest BCUT2D eigenvalue weighted by Crippen LogP contribution is -2.40. The summed E-state index contributed by atoms with van der Waals surface area (Å²) in [6, 6.07) is 6.43. The predicted octanol–water partition coefficient (Wildman–Crippen LogP) is 2.77. The van der Waals surface area contributed by atoms with Crippen LogP contribution in [0.25, 0.3) is 0 Å². The van der Waals surface area contributed by atoms with Crippen LogP contribution in [0, 0.1) is 13.8 Å². The van der Waals surface area contributed by atoms with E-state index in [1.807, 2.05) is 4.90 Å². The van der Waals surface area contributed by atoms with Crippen LogP contribution in [0.5, 0.6) is 0 Å². The molecule has 0 atom stereocenters.